The summed E-state index contributed by atoms with van der Waals surface area (Å²) in [4.78, 5) is 11.3. The molecule has 0 saturated carbocycles. The molecular weight excluding hydrogens is 184 g/mol. The van der Waals surface area contributed by atoms with Crippen LogP contribution >= 0.6 is 0 Å². The second kappa shape index (κ2) is 4.76. The molecule has 2 N–H and O–H groups in total. The minimum Gasteiger partial charge on any atom is -0.391 e. The Morgan fingerprint density at radius 3 is 2.93 bits per heavy atom. The fraction of sp³-hybridized carbons (Fsp3) is 0.556. The maximum absolute atomic E-state index is 11.3. The fourth-order valence-electron chi connectivity index (χ4n) is 0.853. The van der Waals surface area contributed by atoms with E-state index in [1.165, 1.54) is 12.3 Å². The van der Waals surface area contributed by atoms with Crippen LogP contribution < -0.4 is 5.32 Å². The largest absolute Gasteiger partial charge is 0.391 e. The van der Waals surface area contributed by atoms with Crippen LogP contribution in [0.5, 0.6) is 0 Å². The van der Waals surface area contributed by atoms with Crippen LogP contribution in [0, 0.1) is 5.92 Å². The number of carbonyl (C=O) groups is 1. The van der Waals surface area contributed by atoms with Crippen molar-refractivity contribution in [1.29, 1.82) is 0 Å². The van der Waals surface area contributed by atoms with E-state index in [1.54, 1.807) is 0 Å². The van der Waals surface area contributed by atoms with Crippen LogP contribution in [0.15, 0.2) is 16.9 Å². The van der Waals surface area contributed by atoms with Gasteiger partial charge in [0.15, 0.2) is 5.69 Å². The Labute approximate surface area is 82.1 Å². The Hall–Kier alpha value is -1.36. The molecule has 0 aliphatic carbocycles. The van der Waals surface area contributed by atoms with E-state index in [0.717, 1.165) is 0 Å². The lowest BCUT2D eigenvalue weighted by atomic mass is 10.1. The molecule has 0 fully saturated rings. The minimum absolute atomic E-state index is 0.118. The molecule has 1 aromatic rings. The average Bonchev–Trinajstić information content (AvgIpc) is 2.66. The predicted molar refractivity (Wildman–Crippen MR) is 49.7 cm³/mol. The van der Waals surface area contributed by atoms with Gasteiger partial charge < -0.3 is 14.9 Å². The first-order valence-electron chi connectivity index (χ1n) is 4.48. The highest BCUT2D eigenvalue weighted by Crippen LogP contribution is 2.00. The highest BCUT2D eigenvalue weighted by Gasteiger charge is 2.13. The molecule has 1 unspecified atom stereocenters. The number of aliphatic hydroxyl groups excluding tert-OH is 1. The van der Waals surface area contributed by atoms with Gasteiger partial charge in [-0.05, 0) is 5.92 Å². The molecular formula is C9H14N2O3. The standard InChI is InChI=1S/C9H14N2O3/c1-6(2)8(12)5-10-9(13)7-3-4-14-11-7/h3-4,6,8,12H,5H2,1-2H3,(H,10,13). The number of aliphatic hydroxyl groups is 1. The van der Waals surface area contributed by atoms with Crippen LogP contribution in [-0.2, 0) is 0 Å². The molecule has 1 atom stereocenters. The Balaban J connectivity index is 2.36. The minimum atomic E-state index is -0.536. The van der Waals surface area contributed by atoms with Gasteiger partial charge in [0, 0.05) is 12.6 Å². The number of amides is 1. The van der Waals surface area contributed by atoms with Crippen molar-refractivity contribution < 1.29 is 14.4 Å². The van der Waals surface area contributed by atoms with Gasteiger partial charge in [0.1, 0.15) is 6.26 Å². The molecule has 0 saturated heterocycles. The summed E-state index contributed by atoms with van der Waals surface area (Å²) in [5.41, 5.74) is 0.223. The molecule has 0 radical (unpaired) electrons. The third-order valence-electron chi connectivity index (χ3n) is 1.91. The van der Waals surface area contributed by atoms with Crippen LogP contribution in [0.2, 0.25) is 0 Å². The zero-order valence-corrected chi connectivity index (χ0v) is 8.23. The van der Waals surface area contributed by atoms with Crippen LogP contribution in [-0.4, -0.2) is 28.8 Å². The number of rotatable bonds is 4. The summed E-state index contributed by atoms with van der Waals surface area (Å²) in [5, 5.41) is 15.4. The second-order valence-corrected chi connectivity index (χ2v) is 3.41. The van der Waals surface area contributed by atoms with E-state index in [4.69, 9.17) is 0 Å². The van der Waals surface area contributed by atoms with Gasteiger partial charge in [0.05, 0.1) is 6.10 Å². The summed E-state index contributed by atoms with van der Waals surface area (Å²) >= 11 is 0. The van der Waals surface area contributed by atoms with Gasteiger partial charge in [-0.3, -0.25) is 4.79 Å². The van der Waals surface area contributed by atoms with Crippen molar-refractivity contribution in [3.63, 3.8) is 0 Å². The SMILES string of the molecule is CC(C)C(O)CNC(=O)c1ccon1. The van der Waals surface area contributed by atoms with Crippen LogP contribution in [0.1, 0.15) is 24.3 Å². The third kappa shape index (κ3) is 2.85. The molecule has 0 bridgehead atoms. The molecule has 78 valence electrons. The highest BCUT2D eigenvalue weighted by molar-refractivity contribution is 5.91. The molecule has 0 aliphatic heterocycles. The van der Waals surface area contributed by atoms with Crippen LogP contribution in [0.25, 0.3) is 0 Å². The maximum Gasteiger partial charge on any atom is 0.273 e. The molecule has 1 rings (SSSR count). The lowest BCUT2D eigenvalue weighted by Gasteiger charge is -2.14. The Morgan fingerprint density at radius 1 is 1.71 bits per heavy atom. The van der Waals surface area contributed by atoms with Crippen molar-refractivity contribution in [3.05, 3.63) is 18.0 Å². The molecule has 5 nitrogen and oxygen atoms in total. The fourth-order valence-corrected chi connectivity index (χ4v) is 0.853. The number of nitrogens with zero attached hydrogens (tertiary/aromatic N) is 1. The van der Waals surface area contributed by atoms with E-state index in [2.05, 4.69) is 15.0 Å². The number of hydrogen-bond acceptors (Lipinski definition) is 4. The first-order valence-corrected chi connectivity index (χ1v) is 4.48. The van der Waals surface area contributed by atoms with Crippen molar-refractivity contribution in [2.75, 3.05) is 6.54 Å². The summed E-state index contributed by atoms with van der Waals surface area (Å²) < 4.78 is 4.52. The molecule has 1 aromatic heterocycles. The number of carbonyl (C=O) groups excluding carboxylic acids is 1. The van der Waals surface area contributed by atoms with Gasteiger partial charge in [-0.15, -0.1) is 0 Å². The molecule has 0 aromatic carbocycles. The van der Waals surface area contributed by atoms with Crippen LogP contribution in [0.3, 0.4) is 0 Å². The third-order valence-corrected chi connectivity index (χ3v) is 1.91. The maximum atomic E-state index is 11.3. The lowest BCUT2D eigenvalue weighted by molar-refractivity contribution is 0.0863. The van der Waals surface area contributed by atoms with Gasteiger partial charge in [-0.1, -0.05) is 19.0 Å². The molecule has 1 heterocycles. The molecule has 14 heavy (non-hydrogen) atoms. The van der Waals surface area contributed by atoms with Gasteiger partial charge in [-0.2, -0.15) is 0 Å². The second-order valence-electron chi connectivity index (χ2n) is 3.41. The lowest BCUT2D eigenvalue weighted by Crippen LogP contribution is -2.34. The van der Waals surface area contributed by atoms with Gasteiger partial charge >= 0.3 is 0 Å². The van der Waals surface area contributed by atoms with Gasteiger partial charge in [-0.25, -0.2) is 0 Å². The molecule has 0 aliphatic rings. The van der Waals surface area contributed by atoms with E-state index in [-0.39, 0.29) is 24.1 Å². The summed E-state index contributed by atoms with van der Waals surface area (Å²) in [6, 6.07) is 1.47. The number of aromatic nitrogens is 1. The van der Waals surface area contributed by atoms with Crippen molar-refractivity contribution in [2.24, 2.45) is 5.92 Å². The van der Waals surface area contributed by atoms with E-state index < -0.39 is 6.10 Å². The number of nitrogens with one attached hydrogen (secondary N) is 1. The Morgan fingerprint density at radius 2 is 2.43 bits per heavy atom. The first kappa shape index (κ1) is 10.7. The zero-order valence-electron chi connectivity index (χ0n) is 8.23. The zero-order chi connectivity index (χ0) is 10.6. The monoisotopic (exact) mass is 198 g/mol. The quantitative estimate of drug-likeness (QED) is 0.735. The van der Waals surface area contributed by atoms with Gasteiger partial charge in [0.25, 0.3) is 5.91 Å². The van der Waals surface area contributed by atoms with E-state index in [0.29, 0.717) is 0 Å². The van der Waals surface area contributed by atoms with Gasteiger partial charge in [0.2, 0.25) is 0 Å². The van der Waals surface area contributed by atoms with Crippen molar-refractivity contribution in [2.45, 2.75) is 20.0 Å². The molecule has 1 amide bonds. The normalized spacial score (nSPS) is 12.9. The average molecular weight is 198 g/mol. The highest BCUT2D eigenvalue weighted by atomic mass is 16.5. The summed E-state index contributed by atoms with van der Waals surface area (Å²) in [6.45, 7) is 3.99. The van der Waals surface area contributed by atoms with E-state index in [9.17, 15) is 9.90 Å². The predicted octanol–water partition coefficient (Wildman–Crippen LogP) is 0.421. The Kier molecular flexibility index (Phi) is 3.64. The smallest absolute Gasteiger partial charge is 0.273 e. The summed E-state index contributed by atoms with van der Waals surface area (Å²) in [6.07, 6.45) is 0.791. The van der Waals surface area contributed by atoms with E-state index in [1.807, 2.05) is 13.8 Å². The van der Waals surface area contributed by atoms with Crippen molar-refractivity contribution in [3.8, 4) is 0 Å². The molecule has 5 heteroatoms. The molecule has 0 spiro atoms. The summed E-state index contributed by atoms with van der Waals surface area (Å²) in [5.74, 6) is -0.217. The van der Waals surface area contributed by atoms with Crippen LogP contribution in [0.4, 0.5) is 0 Å². The summed E-state index contributed by atoms with van der Waals surface area (Å²) in [7, 11) is 0. The first-order chi connectivity index (χ1) is 6.61. The number of hydrogen-bond donors (Lipinski definition) is 2. The van der Waals surface area contributed by atoms with Crippen molar-refractivity contribution in [1.82, 2.24) is 10.5 Å². The van der Waals surface area contributed by atoms with Crippen molar-refractivity contribution >= 4 is 5.91 Å². The topological polar surface area (TPSA) is 75.4 Å². The Bertz CT molecular complexity index is 282. The van der Waals surface area contributed by atoms with E-state index >= 15 is 0 Å².